The van der Waals surface area contributed by atoms with Crippen LogP contribution in [-0.2, 0) is 0 Å². The first-order valence-corrected chi connectivity index (χ1v) is 7.38. The number of nitrogens with zero attached hydrogens (tertiary/aromatic N) is 1. The molecule has 0 fully saturated rings. The normalized spacial score (nSPS) is 11.7. The molecule has 2 aromatic rings. The summed E-state index contributed by atoms with van der Waals surface area (Å²) in [5.74, 6) is -0.878. The first-order chi connectivity index (χ1) is 9.54. The first kappa shape index (κ1) is 14.7. The molecule has 0 spiro atoms. The quantitative estimate of drug-likeness (QED) is 0.590. The van der Waals surface area contributed by atoms with E-state index < -0.39 is 5.92 Å². The second kappa shape index (κ2) is 6.19. The van der Waals surface area contributed by atoms with Gasteiger partial charge in [-0.2, -0.15) is 5.26 Å². The molecular formula is C17H14INO. The van der Waals surface area contributed by atoms with E-state index in [0.29, 0.717) is 5.56 Å². The molecule has 100 valence electrons. The van der Waals surface area contributed by atoms with Crippen LogP contribution in [0.2, 0.25) is 0 Å². The Labute approximate surface area is 132 Å². The van der Waals surface area contributed by atoms with Crippen LogP contribution in [0.4, 0.5) is 0 Å². The number of benzene rings is 2. The van der Waals surface area contributed by atoms with Crippen molar-refractivity contribution in [2.75, 3.05) is 0 Å². The van der Waals surface area contributed by atoms with E-state index in [1.54, 1.807) is 6.07 Å². The van der Waals surface area contributed by atoms with Crippen molar-refractivity contribution in [3.05, 3.63) is 68.3 Å². The molecule has 0 saturated carbocycles. The lowest BCUT2D eigenvalue weighted by Gasteiger charge is -2.12. The first-order valence-electron chi connectivity index (χ1n) is 6.30. The topological polar surface area (TPSA) is 40.9 Å². The molecule has 1 unspecified atom stereocenters. The smallest absolute Gasteiger partial charge is 0.185 e. The number of Topliss-reactive ketones (excluding diaryl/α,β-unsaturated/α-hetero) is 1. The van der Waals surface area contributed by atoms with E-state index in [-0.39, 0.29) is 5.78 Å². The van der Waals surface area contributed by atoms with E-state index in [2.05, 4.69) is 28.7 Å². The Bertz CT molecular complexity index is 700. The highest BCUT2D eigenvalue weighted by atomic mass is 127. The number of ketones is 1. The number of aryl methyl sites for hydroxylation is 2. The van der Waals surface area contributed by atoms with Crippen molar-refractivity contribution in [1.29, 1.82) is 5.26 Å². The van der Waals surface area contributed by atoms with E-state index in [0.717, 1.165) is 20.3 Å². The molecule has 3 heteroatoms. The van der Waals surface area contributed by atoms with Crippen molar-refractivity contribution >= 4 is 28.4 Å². The van der Waals surface area contributed by atoms with E-state index in [4.69, 9.17) is 0 Å². The van der Waals surface area contributed by atoms with Crippen LogP contribution in [0.1, 0.15) is 33.0 Å². The fourth-order valence-corrected chi connectivity index (χ4v) is 2.75. The number of rotatable bonds is 3. The number of hydrogen-bond acceptors (Lipinski definition) is 2. The maximum Gasteiger partial charge on any atom is 0.185 e. The number of halogens is 1. The molecular weight excluding hydrogens is 361 g/mol. The summed E-state index contributed by atoms with van der Waals surface area (Å²) in [6.07, 6.45) is 0. The maximum absolute atomic E-state index is 12.6. The van der Waals surface area contributed by atoms with Gasteiger partial charge in [-0.1, -0.05) is 48.0 Å². The Morgan fingerprint density at radius 2 is 1.90 bits per heavy atom. The molecule has 0 saturated heterocycles. The zero-order chi connectivity index (χ0) is 14.7. The SMILES string of the molecule is Cc1cccc(C(C#N)C(=O)c2cccc(C)c2I)c1. The number of nitriles is 1. The Balaban J connectivity index is 2.45. The van der Waals surface area contributed by atoms with Crippen LogP contribution in [0.3, 0.4) is 0 Å². The van der Waals surface area contributed by atoms with Crippen molar-refractivity contribution in [2.24, 2.45) is 0 Å². The van der Waals surface area contributed by atoms with Crippen molar-refractivity contribution in [3.63, 3.8) is 0 Å². The third-order valence-electron chi connectivity index (χ3n) is 3.22. The Morgan fingerprint density at radius 1 is 1.20 bits per heavy atom. The molecule has 2 rings (SSSR count). The lowest BCUT2D eigenvalue weighted by Crippen LogP contribution is -2.13. The molecule has 0 N–H and O–H groups in total. The van der Waals surface area contributed by atoms with Gasteiger partial charge in [-0.25, -0.2) is 0 Å². The summed E-state index contributed by atoms with van der Waals surface area (Å²) >= 11 is 2.17. The lowest BCUT2D eigenvalue weighted by molar-refractivity contribution is 0.0978. The van der Waals surface area contributed by atoms with Crippen molar-refractivity contribution in [3.8, 4) is 6.07 Å². The summed E-state index contributed by atoms with van der Waals surface area (Å²) < 4.78 is 0.919. The molecule has 2 aromatic carbocycles. The van der Waals surface area contributed by atoms with E-state index in [9.17, 15) is 10.1 Å². The molecule has 0 amide bonds. The van der Waals surface area contributed by atoms with Crippen LogP contribution in [-0.4, -0.2) is 5.78 Å². The van der Waals surface area contributed by atoms with Crippen LogP contribution >= 0.6 is 22.6 Å². The highest BCUT2D eigenvalue weighted by Crippen LogP contribution is 2.25. The highest BCUT2D eigenvalue weighted by molar-refractivity contribution is 14.1. The van der Waals surface area contributed by atoms with Crippen LogP contribution in [0, 0.1) is 28.7 Å². The van der Waals surface area contributed by atoms with Gasteiger partial charge in [0.05, 0.1) is 6.07 Å². The molecule has 0 heterocycles. The minimum Gasteiger partial charge on any atom is -0.292 e. The molecule has 0 bridgehead atoms. The van der Waals surface area contributed by atoms with E-state index in [1.807, 2.05) is 50.2 Å². The summed E-state index contributed by atoms with van der Waals surface area (Å²) in [7, 11) is 0. The van der Waals surface area contributed by atoms with Gasteiger partial charge in [-0.15, -0.1) is 0 Å². The van der Waals surface area contributed by atoms with E-state index >= 15 is 0 Å². The summed E-state index contributed by atoms with van der Waals surface area (Å²) in [6, 6.07) is 15.3. The second-order valence-electron chi connectivity index (χ2n) is 4.78. The van der Waals surface area contributed by atoms with Gasteiger partial charge in [0.25, 0.3) is 0 Å². The standard InChI is InChI=1S/C17H14INO/c1-11-5-3-7-13(9-11)15(10-19)17(20)14-8-4-6-12(2)16(14)18/h3-9,15H,1-2H3. The summed E-state index contributed by atoms with van der Waals surface area (Å²) in [5, 5.41) is 9.39. The predicted octanol–water partition coefficient (Wildman–Crippen LogP) is 4.40. The zero-order valence-electron chi connectivity index (χ0n) is 11.4. The van der Waals surface area contributed by atoms with Crippen LogP contribution in [0.5, 0.6) is 0 Å². The second-order valence-corrected chi connectivity index (χ2v) is 5.86. The number of carbonyl (C=O) groups is 1. The summed E-state index contributed by atoms with van der Waals surface area (Å²) in [6.45, 7) is 3.92. The average molecular weight is 375 g/mol. The van der Waals surface area contributed by atoms with Crippen molar-refractivity contribution in [2.45, 2.75) is 19.8 Å². The van der Waals surface area contributed by atoms with Crippen LogP contribution in [0.15, 0.2) is 42.5 Å². The third kappa shape index (κ3) is 2.91. The lowest BCUT2D eigenvalue weighted by atomic mass is 9.90. The fraction of sp³-hybridized carbons (Fsp3) is 0.176. The Kier molecular flexibility index (Phi) is 4.56. The van der Waals surface area contributed by atoms with Gasteiger partial charge >= 0.3 is 0 Å². The predicted molar refractivity (Wildman–Crippen MR) is 87.8 cm³/mol. The molecule has 1 atom stereocenters. The van der Waals surface area contributed by atoms with Gasteiger partial charge in [0.2, 0.25) is 0 Å². The third-order valence-corrected chi connectivity index (χ3v) is 4.66. The molecule has 0 aromatic heterocycles. The van der Waals surface area contributed by atoms with E-state index in [1.165, 1.54) is 0 Å². The van der Waals surface area contributed by atoms with Gasteiger partial charge in [-0.05, 0) is 47.6 Å². The molecule has 0 aliphatic rings. The Morgan fingerprint density at radius 3 is 2.55 bits per heavy atom. The fourth-order valence-electron chi connectivity index (χ4n) is 2.13. The summed E-state index contributed by atoms with van der Waals surface area (Å²) in [4.78, 5) is 12.6. The average Bonchev–Trinajstić information content (AvgIpc) is 2.42. The molecule has 20 heavy (non-hydrogen) atoms. The zero-order valence-corrected chi connectivity index (χ0v) is 13.5. The number of hydrogen-bond donors (Lipinski definition) is 0. The largest absolute Gasteiger partial charge is 0.292 e. The molecule has 0 aliphatic carbocycles. The van der Waals surface area contributed by atoms with Crippen molar-refractivity contribution in [1.82, 2.24) is 0 Å². The van der Waals surface area contributed by atoms with Crippen molar-refractivity contribution < 1.29 is 4.79 Å². The molecule has 0 aliphatic heterocycles. The van der Waals surface area contributed by atoms with Gasteiger partial charge in [0, 0.05) is 9.13 Å². The van der Waals surface area contributed by atoms with Gasteiger partial charge in [0.15, 0.2) is 5.78 Å². The number of carbonyl (C=O) groups excluding carboxylic acids is 1. The molecule has 2 nitrogen and oxygen atoms in total. The minimum atomic E-state index is -0.745. The maximum atomic E-state index is 12.6. The Hall–Kier alpha value is -1.67. The van der Waals surface area contributed by atoms with Gasteiger partial charge in [0.1, 0.15) is 5.92 Å². The van der Waals surface area contributed by atoms with Gasteiger partial charge < -0.3 is 0 Å². The monoisotopic (exact) mass is 375 g/mol. The minimum absolute atomic E-state index is 0.133. The van der Waals surface area contributed by atoms with Crippen LogP contribution in [0.25, 0.3) is 0 Å². The van der Waals surface area contributed by atoms with Crippen LogP contribution < -0.4 is 0 Å². The van der Waals surface area contributed by atoms with Gasteiger partial charge in [-0.3, -0.25) is 4.79 Å². The molecule has 0 radical (unpaired) electrons. The highest BCUT2D eigenvalue weighted by Gasteiger charge is 2.23. The summed E-state index contributed by atoms with van der Waals surface area (Å²) in [5.41, 5.74) is 3.49.